The second-order valence-electron chi connectivity index (χ2n) is 5.54. The Hall–Kier alpha value is -0.740. The Morgan fingerprint density at radius 2 is 1.60 bits per heavy atom. The first-order chi connectivity index (χ1) is 9.15. The van der Waals surface area contributed by atoms with Gasteiger partial charge in [0, 0.05) is 6.04 Å². The van der Waals surface area contributed by atoms with E-state index in [1.54, 1.807) is 12.1 Å². The van der Waals surface area contributed by atoms with E-state index in [2.05, 4.69) is 18.7 Å². The Kier molecular flexibility index (Phi) is 6.83. The Bertz CT molecular complexity index is 431. The smallest absolute Gasteiger partial charge is 0.157 e. The molecule has 0 fully saturated rings. The van der Waals surface area contributed by atoms with Crippen molar-refractivity contribution in [2.24, 2.45) is 0 Å². The molecule has 2 rings (SSSR count). The van der Waals surface area contributed by atoms with Crippen molar-refractivity contribution in [1.82, 2.24) is 4.90 Å². The SMILES string of the molecule is Br.CCCN(CCC)C1CCc2cc(O)c(O)cc2C1. The Morgan fingerprint density at radius 3 is 2.15 bits per heavy atom. The van der Waals surface area contributed by atoms with Crippen molar-refractivity contribution >= 4 is 17.0 Å². The predicted octanol–water partition coefficient (Wildman–Crippen LogP) is 3.66. The number of fused-ring (bicyclic) bond motifs is 1. The van der Waals surface area contributed by atoms with Crippen LogP contribution < -0.4 is 0 Å². The van der Waals surface area contributed by atoms with Crippen LogP contribution in [0.4, 0.5) is 0 Å². The molecule has 0 bridgehead atoms. The van der Waals surface area contributed by atoms with Crippen molar-refractivity contribution in [1.29, 1.82) is 0 Å². The number of hydrogen-bond donors (Lipinski definition) is 2. The van der Waals surface area contributed by atoms with Gasteiger partial charge in [-0.15, -0.1) is 17.0 Å². The maximum Gasteiger partial charge on any atom is 0.157 e. The van der Waals surface area contributed by atoms with E-state index in [-0.39, 0.29) is 28.5 Å². The summed E-state index contributed by atoms with van der Waals surface area (Å²) in [5.74, 6) is 0.0214. The summed E-state index contributed by atoms with van der Waals surface area (Å²) >= 11 is 0. The van der Waals surface area contributed by atoms with Gasteiger partial charge in [-0.05, 0) is 68.5 Å². The highest BCUT2D eigenvalue weighted by Gasteiger charge is 2.24. The number of phenols is 2. The molecule has 0 spiro atoms. The van der Waals surface area contributed by atoms with E-state index < -0.39 is 0 Å². The quantitative estimate of drug-likeness (QED) is 0.802. The highest BCUT2D eigenvalue weighted by Crippen LogP contribution is 2.33. The maximum atomic E-state index is 9.64. The van der Waals surface area contributed by atoms with Crippen LogP contribution in [-0.4, -0.2) is 34.2 Å². The van der Waals surface area contributed by atoms with Crippen LogP contribution >= 0.6 is 17.0 Å². The highest BCUT2D eigenvalue weighted by atomic mass is 79.9. The van der Waals surface area contributed by atoms with Crippen molar-refractivity contribution in [2.45, 2.75) is 52.0 Å². The fourth-order valence-corrected chi connectivity index (χ4v) is 3.13. The van der Waals surface area contributed by atoms with E-state index in [4.69, 9.17) is 0 Å². The molecule has 1 aromatic carbocycles. The van der Waals surface area contributed by atoms with E-state index in [1.807, 2.05) is 0 Å². The molecular formula is C16H26BrNO2. The first-order valence-electron chi connectivity index (χ1n) is 7.43. The predicted molar refractivity (Wildman–Crippen MR) is 88.1 cm³/mol. The second-order valence-corrected chi connectivity index (χ2v) is 5.54. The van der Waals surface area contributed by atoms with Crippen LogP contribution in [0.15, 0.2) is 12.1 Å². The van der Waals surface area contributed by atoms with Crippen molar-refractivity contribution in [3.8, 4) is 11.5 Å². The van der Waals surface area contributed by atoms with E-state index in [0.29, 0.717) is 6.04 Å². The van der Waals surface area contributed by atoms with Crippen molar-refractivity contribution in [3.63, 3.8) is 0 Å². The number of phenolic OH excluding ortho intramolecular Hbond substituents is 2. The molecule has 1 unspecified atom stereocenters. The molecule has 3 nitrogen and oxygen atoms in total. The number of hydrogen-bond acceptors (Lipinski definition) is 3. The van der Waals surface area contributed by atoms with Gasteiger partial charge in [0.2, 0.25) is 0 Å². The zero-order valence-corrected chi connectivity index (χ0v) is 14.1. The number of aryl methyl sites for hydroxylation is 1. The molecule has 0 saturated carbocycles. The van der Waals surface area contributed by atoms with Gasteiger partial charge in [-0.3, -0.25) is 0 Å². The molecule has 0 aromatic heterocycles. The molecule has 0 radical (unpaired) electrons. The van der Waals surface area contributed by atoms with E-state index in [1.165, 1.54) is 24.0 Å². The first-order valence-corrected chi connectivity index (χ1v) is 7.43. The minimum absolute atomic E-state index is 0. The summed E-state index contributed by atoms with van der Waals surface area (Å²) in [5, 5.41) is 19.2. The van der Waals surface area contributed by atoms with Crippen LogP contribution in [0.25, 0.3) is 0 Å². The van der Waals surface area contributed by atoms with Crippen molar-refractivity contribution < 1.29 is 10.2 Å². The topological polar surface area (TPSA) is 43.7 Å². The Labute approximate surface area is 132 Å². The standard InChI is InChI=1S/C16H25NO2.BrH/c1-3-7-17(8-4-2)14-6-5-12-10-15(18)16(19)11-13(12)9-14;/h10-11,14,18-19H,3-9H2,1-2H3;1H. The lowest BCUT2D eigenvalue weighted by atomic mass is 9.87. The van der Waals surface area contributed by atoms with Crippen LogP contribution in [0.2, 0.25) is 0 Å². The van der Waals surface area contributed by atoms with Gasteiger partial charge < -0.3 is 15.1 Å². The number of benzene rings is 1. The van der Waals surface area contributed by atoms with Gasteiger partial charge in [0.25, 0.3) is 0 Å². The summed E-state index contributed by atoms with van der Waals surface area (Å²) in [7, 11) is 0. The van der Waals surface area contributed by atoms with Gasteiger partial charge in [-0.25, -0.2) is 0 Å². The summed E-state index contributed by atoms with van der Waals surface area (Å²) in [4.78, 5) is 2.58. The molecule has 0 amide bonds. The third kappa shape index (κ3) is 3.89. The molecule has 0 aliphatic heterocycles. The monoisotopic (exact) mass is 343 g/mol. The van der Waals surface area contributed by atoms with Crippen LogP contribution in [-0.2, 0) is 12.8 Å². The largest absolute Gasteiger partial charge is 0.504 e. The van der Waals surface area contributed by atoms with Crippen molar-refractivity contribution in [2.75, 3.05) is 13.1 Å². The van der Waals surface area contributed by atoms with Crippen LogP contribution in [0.5, 0.6) is 11.5 Å². The minimum Gasteiger partial charge on any atom is -0.504 e. The summed E-state index contributed by atoms with van der Waals surface area (Å²) in [5.41, 5.74) is 2.39. The van der Waals surface area contributed by atoms with E-state index >= 15 is 0 Å². The molecule has 1 aliphatic carbocycles. The van der Waals surface area contributed by atoms with Gasteiger partial charge in [-0.2, -0.15) is 0 Å². The second kappa shape index (κ2) is 7.89. The van der Waals surface area contributed by atoms with Gasteiger partial charge in [0.1, 0.15) is 0 Å². The van der Waals surface area contributed by atoms with E-state index in [9.17, 15) is 10.2 Å². The zero-order chi connectivity index (χ0) is 13.8. The Balaban J connectivity index is 0.00000200. The van der Waals surface area contributed by atoms with Gasteiger partial charge in [-0.1, -0.05) is 13.8 Å². The number of aromatic hydroxyl groups is 2. The number of rotatable bonds is 5. The summed E-state index contributed by atoms with van der Waals surface area (Å²) in [6.45, 7) is 6.75. The zero-order valence-electron chi connectivity index (χ0n) is 12.4. The highest BCUT2D eigenvalue weighted by molar-refractivity contribution is 8.93. The van der Waals surface area contributed by atoms with Crippen LogP contribution in [0.1, 0.15) is 44.2 Å². The first kappa shape index (κ1) is 17.3. The minimum atomic E-state index is 0. The molecule has 4 heteroatoms. The average Bonchev–Trinajstić information content (AvgIpc) is 2.39. The lowest BCUT2D eigenvalue weighted by molar-refractivity contribution is 0.180. The fraction of sp³-hybridized carbons (Fsp3) is 0.625. The molecule has 1 aromatic rings. The third-order valence-corrected chi connectivity index (χ3v) is 4.04. The fourth-order valence-electron chi connectivity index (χ4n) is 3.13. The molecule has 2 N–H and O–H groups in total. The maximum absolute atomic E-state index is 9.64. The molecular weight excluding hydrogens is 318 g/mol. The average molecular weight is 344 g/mol. The lowest BCUT2D eigenvalue weighted by Crippen LogP contribution is -2.40. The number of nitrogens with zero attached hydrogens (tertiary/aromatic N) is 1. The van der Waals surface area contributed by atoms with Crippen LogP contribution in [0.3, 0.4) is 0 Å². The third-order valence-electron chi connectivity index (χ3n) is 4.04. The summed E-state index contributed by atoms with van der Waals surface area (Å²) in [6, 6.07) is 4.05. The normalized spacial score (nSPS) is 17.6. The Morgan fingerprint density at radius 1 is 1.05 bits per heavy atom. The van der Waals surface area contributed by atoms with Gasteiger partial charge >= 0.3 is 0 Å². The molecule has 1 atom stereocenters. The molecule has 114 valence electrons. The van der Waals surface area contributed by atoms with E-state index in [0.717, 1.165) is 32.4 Å². The summed E-state index contributed by atoms with van der Waals surface area (Å²) < 4.78 is 0. The molecule has 20 heavy (non-hydrogen) atoms. The van der Waals surface area contributed by atoms with Gasteiger partial charge in [0.15, 0.2) is 11.5 Å². The molecule has 0 saturated heterocycles. The molecule has 0 heterocycles. The summed E-state index contributed by atoms with van der Waals surface area (Å²) in [6.07, 6.45) is 5.51. The van der Waals surface area contributed by atoms with Crippen LogP contribution in [0, 0.1) is 0 Å². The van der Waals surface area contributed by atoms with Crippen molar-refractivity contribution in [3.05, 3.63) is 23.3 Å². The lowest BCUT2D eigenvalue weighted by Gasteiger charge is -2.35. The number of halogens is 1. The molecule has 1 aliphatic rings. The van der Waals surface area contributed by atoms with Gasteiger partial charge in [0.05, 0.1) is 0 Å².